The van der Waals surface area contributed by atoms with Gasteiger partial charge in [0.1, 0.15) is 0 Å². The van der Waals surface area contributed by atoms with Crippen LogP contribution >= 0.6 is 38.5 Å². The van der Waals surface area contributed by atoms with Crippen LogP contribution in [0.3, 0.4) is 0 Å². The number of hydrogen-bond donors (Lipinski definition) is 1. The van der Waals surface area contributed by atoms with Crippen molar-refractivity contribution in [1.29, 1.82) is 0 Å². The average Bonchev–Trinajstić information content (AvgIpc) is 2.40. The third kappa shape index (κ3) is 3.05. The molecule has 1 saturated heterocycles. The van der Waals surface area contributed by atoms with Crippen LogP contribution in [0.5, 0.6) is 0 Å². The molecule has 1 unspecified atom stereocenters. The van der Waals surface area contributed by atoms with Crippen molar-refractivity contribution in [3.05, 3.63) is 31.8 Å². The molecule has 1 atom stereocenters. The SMILES string of the molecule is NCC1CCCCN1C(=O)c1cc(I)ccc1Br. The van der Waals surface area contributed by atoms with Crippen molar-refractivity contribution in [2.45, 2.75) is 25.3 Å². The lowest BCUT2D eigenvalue weighted by Gasteiger charge is -2.35. The molecule has 2 N–H and O–H groups in total. The number of likely N-dealkylation sites (tertiary alicyclic amines) is 1. The van der Waals surface area contributed by atoms with Crippen molar-refractivity contribution < 1.29 is 4.79 Å². The second kappa shape index (κ2) is 6.34. The standard InChI is InChI=1S/C13H16BrIN2O/c14-12-5-4-9(15)7-11(12)13(18)17-6-2-1-3-10(17)8-16/h4-5,7,10H,1-3,6,8,16H2. The van der Waals surface area contributed by atoms with E-state index < -0.39 is 0 Å². The zero-order valence-corrected chi connectivity index (χ0v) is 13.8. The monoisotopic (exact) mass is 422 g/mol. The lowest BCUT2D eigenvalue weighted by atomic mass is 10.0. The predicted molar refractivity (Wildman–Crippen MR) is 84.6 cm³/mol. The summed E-state index contributed by atoms with van der Waals surface area (Å²) in [4.78, 5) is 14.5. The summed E-state index contributed by atoms with van der Waals surface area (Å²) >= 11 is 5.68. The molecule has 0 aliphatic carbocycles. The van der Waals surface area contributed by atoms with E-state index in [2.05, 4.69) is 38.5 Å². The summed E-state index contributed by atoms with van der Waals surface area (Å²) in [6, 6.07) is 6.03. The quantitative estimate of drug-likeness (QED) is 0.744. The van der Waals surface area contributed by atoms with Gasteiger partial charge in [-0.25, -0.2) is 0 Å². The van der Waals surface area contributed by atoms with E-state index in [1.165, 1.54) is 6.42 Å². The topological polar surface area (TPSA) is 46.3 Å². The first-order valence-corrected chi connectivity index (χ1v) is 7.96. The highest BCUT2D eigenvalue weighted by Crippen LogP contribution is 2.24. The Morgan fingerprint density at radius 3 is 3.00 bits per heavy atom. The Morgan fingerprint density at radius 2 is 2.28 bits per heavy atom. The maximum atomic E-state index is 12.6. The Hall–Kier alpha value is -0.140. The number of hydrogen-bond acceptors (Lipinski definition) is 2. The third-order valence-corrected chi connectivity index (χ3v) is 4.68. The normalized spacial score (nSPS) is 19.9. The maximum absolute atomic E-state index is 12.6. The van der Waals surface area contributed by atoms with Crippen molar-refractivity contribution in [2.24, 2.45) is 5.73 Å². The highest BCUT2D eigenvalue weighted by atomic mass is 127. The molecule has 0 bridgehead atoms. The van der Waals surface area contributed by atoms with E-state index in [0.29, 0.717) is 6.54 Å². The van der Waals surface area contributed by atoms with Crippen LogP contribution in [0.15, 0.2) is 22.7 Å². The summed E-state index contributed by atoms with van der Waals surface area (Å²) in [6.45, 7) is 1.37. The molecule has 0 saturated carbocycles. The Kier molecular flexibility index (Phi) is 5.03. The van der Waals surface area contributed by atoms with Gasteiger partial charge in [-0.2, -0.15) is 0 Å². The molecule has 2 rings (SSSR count). The van der Waals surface area contributed by atoms with E-state index in [-0.39, 0.29) is 11.9 Å². The van der Waals surface area contributed by atoms with Gasteiger partial charge in [0.05, 0.1) is 5.56 Å². The summed E-state index contributed by atoms with van der Waals surface area (Å²) in [5.74, 6) is 0.0931. The predicted octanol–water partition coefficient (Wildman–Crippen LogP) is 3.01. The highest BCUT2D eigenvalue weighted by molar-refractivity contribution is 14.1. The summed E-state index contributed by atoms with van der Waals surface area (Å²) in [5.41, 5.74) is 6.51. The minimum atomic E-state index is 0.0931. The number of nitrogens with zero attached hydrogens (tertiary/aromatic N) is 1. The lowest BCUT2D eigenvalue weighted by molar-refractivity contribution is 0.0622. The van der Waals surface area contributed by atoms with Crippen LogP contribution in [-0.2, 0) is 0 Å². The maximum Gasteiger partial charge on any atom is 0.255 e. The molecule has 1 aliphatic heterocycles. The van der Waals surface area contributed by atoms with Gasteiger partial charge in [-0.05, 0) is 76.0 Å². The molecule has 1 heterocycles. The summed E-state index contributed by atoms with van der Waals surface area (Å²) in [6.07, 6.45) is 3.26. The van der Waals surface area contributed by atoms with Crippen LogP contribution < -0.4 is 5.73 Å². The van der Waals surface area contributed by atoms with Crippen molar-refractivity contribution in [3.63, 3.8) is 0 Å². The smallest absolute Gasteiger partial charge is 0.255 e. The van der Waals surface area contributed by atoms with Crippen molar-refractivity contribution in [1.82, 2.24) is 4.90 Å². The first kappa shape index (κ1) is 14.3. The van der Waals surface area contributed by atoms with Crippen LogP contribution in [0, 0.1) is 3.57 Å². The minimum absolute atomic E-state index is 0.0931. The molecule has 1 aromatic rings. The molecule has 1 aliphatic rings. The fraction of sp³-hybridized carbons (Fsp3) is 0.462. The Morgan fingerprint density at radius 1 is 1.50 bits per heavy atom. The fourth-order valence-electron chi connectivity index (χ4n) is 2.33. The molecular formula is C13H16BrIN2O. The second-order valence-electron chi connectivity index (χ2n) is 4.51. The van der Waals surface area contributed by atoms with E-state index in [1.807, 2.05) is 23.1 Å². The molecule has 1 amide bonds. The van der Waals surface area contributed by atoms with Gasteiger partial charge in [-0.15, -0.1) is 0 Å². The number of carbonyl (C=O) groups excluding carboxylic acids is 1. The van der Waals surface area contributed by atoms with Gasteiger partial charge in [0.15, 0.2) is 0 Å². The van der Waals surface area contributed by atoms with Crippen LogP contribution in [0.2, 0.25) is 0 Å². The van der Waals surface area contributed by atoms with E-state index in [0.717, 1.165) is 33.0 Å². The van der Waals surface area contributed by atoms with Gasteiger partial charge in [-0.3, -0.25) is 4.79 Å². The molecule has 5 heteroatoms. The summed E-state index contributed by atoms with van der Waals surface area (Å²) < 4.78 is 1.93. The first-order valence-electron chi connectivity index (χ1n) is 6.09. The number of rotatable bonds is 2. The van der Waals surface area contributed by atoms with E-state index in [4.69, 9.17) is 5.73 Å². The second-order valence-corrected chi connectivity index (χ2v) is 6.61. The third-order valence-electron chi connectivity index (χ3n) is 3.32. The molecule has 1 aromatic carbocycles. The largest absolute Gasteiger partial charge is 0.334 e. The van der Waals surface area contributed by atoms with Crippen LogP contribution in [0.1, 0.15) is 29.6 Å². The number of carbonyl (C=O) groups is 1. The van der Waals surface area contributed by atoms with E-state index in [1.54, 1.807) is 0 Å². The molecule has 0 radical (unpaired) electrons. The number of halogens is 2. The minimum Gasteiger partial charge on any atom is -0.334 e. The Labute approximate surface area is 129 Å². The van der Waals surface area contributed by atoms with Crippen LogP contribution in [-0.4, -0.2) is 29.9 Å². The molecule has 0 spiro atoms. The van der Waals surface area contributed by atoms with Gasteiger partial charge in [-0.1, -0.05) is 0 Å². The first-order chi connectivity index (χ1) is 8.63. The number of benzene rings is 1. The highest BCUT2D eigenvalue weighted by Gasteiger charge is 2.27. The van der Waals surface area contributed by atoms with Gasteiger partial charge in [0, 0.05) is 27.2 Å². The zero-order valence-electron chi connectivity index (χ0n) is 10.0. The van der Waals surface area contributed by atoms with Crippen molar-refractivity contribution in [3.8, 4) is 0 Å². The number of piperidine rings is 1. The van der Waals surface area contributed by atoms with Gasteiger partial charge < -0.3 is 10.6 Å². The number of amides is 1. The van der Waals surface area contributed by atoms with Crippen LogP contribution in [0.4, 0.5) is 0 Å². The molecule has 3 nitrogen and oxygen atoms in total. The summed E-state index contributed by atoms with van der Waals surface area (Å²) in [5, 5.41) is 0. The van der Waals surface area contributed by atoms with Crippen molar-refractivity contribution in [2.75, 3.05) is 13.1 Å². The zero-order chi connectivity index (χ0) is 13.1. The fourth-order valence-corrected chi connectivity index (χ4v) is 3.24. The van der Waals surface area contributed by atoms with Crippen molar-refractivity contribution >= 4 is 44.4 Å². The lowest BCUT2D eigenvalue weighted by Crippen LogP contribution is -2.47. The summed E-state index contributed by atoms with van der Waals surface area (Å²) in [7, 11) is 0. The van der Waals surface area contributed by atoms with E-state index >= 15 is 0 Å². The molecule has 98 valence electrons. The Balaban J connectivity index is 2.26. The molecule has 18 heavy (non-hydrogen) atoms. The molecular weight excluding hydrogens is 407 g/mol. The average molecular weight is 423 g/mol. The van der Waals surface area contributed by atoms with E-state index in [9.17, 15) is 4.79 Å². The Bertz CT molecular complexity index is 453. The van der Waals surface area contributed by atoms with Gasteiger partial charge in [0.25, 0.3) is 5.91 Å². The molecule has 0 aromatic heterocycles. The van der Waals surface area contributed by atoms with Gasteiger partial charge >= 0.3 is 0 Å². The molecule has 1 fully saturated rings. The van der Waals surface area contributed by atoms with Gasteiger partial charge in [0.2, 0.25) is 0 Å². The van der Waals surface area contributed by atoms with Crippen LogP contribution in [0.25, 0.3) is 0 Å². The number of nitrogens with two attached hydrogens (primary N) is 1.